The van der Waals surface area contributed by atoms with Crippen molar-refractivity contribution in [2.24, 2.45) is 40.4 Å². The quantitative estimate of drug-likeness (QED) is 0.420. The van der Waals surface area contributed by atoms with Crippen LogP contribution in [0.2, 0.25) is 0 Å². The van der Waals surface area contributed by atoms with Crippen molar-refractivity contribution in [3.63, 3.8) is 0 Å². The van der Waals surface area contributed by atoms with Gasteiger partial charge in [0.25, 0.3) is 10.1 Å². The maximum absolute atomic E-state index is 12.6. The molecule has 10 atom stereocenters. The molecular formula is C33H49NO5S. The van der Waals surface area contributed by atoms with E-state index in [1.165, 1.54) is 31.1 Å². The zero-order valence-electron chi connectivity index (χ0n) is 24.9. The molecule has 6 rings (SSSR count). The number of carbonyl (C=O) groups is 1. The third-order valence-electron chi connectivity index (χ3n) is 12.4. The van der Waals surface area contributed by atoms with Crippen LogP contribution in [0.25, 0.3) is 0 Å². The number of hydrogen-bond donors (Lipinski definition) is 0. The van der Waals surface area contributed by atoms with Crippen molar-refractivity contribution in [3.05, 3.63) is 35.9 Å². The van der Waals surface area contributed by atoms with Gasteiger partial charge in [-0.15, -0.1) is 0 Å². The van der Waals surface area contributed by atoms with Crippen LogP contribution in [0.4, 0.5) is 0 Å². The highest BCUT2D eigenvalue weighted by atomic mass is 32.2. The first-order valence-corrected chi connectivity index (χ1v) is 17.6. The Bertz CT molecular complexity index is 1190. The number of ether oxygens (including phenoxy) is 1. The SMILES string of the molecule is CC(=O)[C@H]1CC[C@H]2[C@@H]3CC[C@H]4C[C@H](OS(C)(=O)=O)[C@@H](N5CCO[C@H](Cc6ccccc6)C5)C[C@]4(C)[C@H]3CC[C@]12C. The van der Waals surface area contributed by atoms with Crippen LogP contribution >= 0.6 is 0 Å². The smallest absolute Gasteiger partial charge is 0.264 e. The van der Waals surface area contributed by atoms with Gasteiger partial charge in [-0.05, 0) is 105 Å². The van der Waals surface area contributed by atoms with Gasteiger partial charge < -0.3 is 4.74 Å². The molecule has 1 aromatic rings. The molecule has 4 saturated carbocycles. The van der Waals surface area contributed by atoms with Crippen LogP contribution in [0.5, 0.6) is 0 Å². The van der Waals surface area contributed by atoms with Crippen LogP contribution in [0.3, 0.4) is 0 Å². The van der Waals surface area contributed by atoms with Gasteiger partial charge in [0.1, 0.15) is 5.78 Å². The van der Waals surface area contributed by atoms with Crippen molar-refractivity contribution in [3.8, 4) is 0 Å². The van der Waals surface area contributed by atoms with Crippen molar-refractivity contribution < 1.29 is 22.1 Å². The molecule has 4 aliphatic carbocycles. The van der Waals surface area contributed by atoms with E-state index in [1.54, 1.807) is 0 Å². The number of hydrogen-bond acceptors (Lipinski definition) is 6. The van der Waals surface area contributed by atoms with Gasteiger partial charge in [-0.1, -0.05) is 44.2 Å². The normalized spacial score (nSPS) is 43.9. The van der Waals surface area contributed by atoms with Gasteiger partial charge in [-0.2, -0.15) is 8.42 Å². The molecule has 0 aromatic heterocycles. The summed E-state index contributed by atoms with van der Waals surface area (Å²) in [7, 11) is -3.56. The van der Waals surface area contributed by atoms with Crippen molar-refractivity contribution in [2.75, 3.05) is 26.0 Å². The summed E-state index contributed by atoms with van der Waals surface area (Å²) in [6.07, 6.45) is 10.6. The molecule has 1 aromatic carbocycles. The Morgan fingerprint density at radius 3 is 2.52 bits per heavy atom. The molecule has 0 amide bonds. The molecule has 1 aliphatic heterocycles. The number of Topliss-reactive ketones (excluding diaryl/α,β-unsaturated/α-hetero) is 1. The average Bonchev–Trinajstić information content (AvgIpc) is 3.26. The van der Waals surface area contributed by atoms with E-state index >= 15 is 0 Å². The fraction of sp³-hybridized carbons (Fsp3) is 0.788. The summed E-state index contributed by atoms with van der Waals surface area (Å²) in [6, 6.07) is 10.6. The molecule has 6 nitrogen and oxygen atoms in total. The number of rotatable bonds is 6. The maximum Gasteiger partial charge on any atom is 0.264 e. The number of carbonyl (C=O) groups excluding carboxylic acids is 1. The summed E-state index contributed by atoms with van der Waals surface area (Å²) >= 11 is 0. The lowest BCUT2D eigenvalue weighted by molar-refractivity contribution is -0.156. The molecular weight excluding hydrogens is 522 g/mol. The molecule has 0 N–H and O–H groups in total. The third-order valence-corrected chi connectivity index (χ3v) is 13.0. The average molecular weight is 572 g/mol. The summed E-state index contributed by atoms with van der Waals surface area (Å²) in [5, 5.41) is 0. The van der Waals surface area contributed by atoms with E-state index < -0.39 is 10.1 Å². The van der Waals surface area contributed by atoms with E-state index in [2.05, 4.69) is 43.0 Å². The maximum atomic E-state index is 12.6. The third kappa shape index (κ3) is 5.22. The van der Waals surface area contributed by atoms with Gasteiger partial charge in [-0.25, -0.2) is 0 Å². The highest BCUT2D eigenvalue weighted by molar-refractivity contribution is 7.86. The molecule has 0 unspecified atom stereocenters. The highest BCUT2D eigenvalue weighted by Crippen LogP contribution is 2.67. The first-order valence-electron chi connectivity index (χ1n) is 15.8. The molecule has 0 bridgehead atoms. The fourth-order valence-corrected chi connectivity index (χ4v) is 11.3. The Balaban J connectivity index is 1.25. The second kappa shape index (κ2) is 10.8. The monoisotopic (exact) mass is 571 g/mol. The van der Waals surface area contributed by atoms with Crippen molar-refractivity contribution in [1.82, 2.24) is 4.90 Å². The highest BCUT2D eigenvalue weighted by Gasteiger charge is 2.62. The molecule has 5 aliphatic rings. The summed E-state index contributed by atoms with van der Waals surface area (Å²) in [5.41, 5.74) is 1.59. The number of nitrogens with zero attached hydrogens (tertiary/aromatic N) is 1. The molecule has 40 heavy (non-hydrogen) atoms. The van der Waals surface area contributed by atoms with Crippen LogP contribution in [0, 0.1) is 40.4 Å². The second-order valence-electron chi connectivity index (χ2n) is 14.5. The Morgan fingerprint density at radius 2 is 1.80 bits per heavy atom. The lowest BCUT2D eigenvalue weighted by atomic mass is 9.44. The van der Waals surface area contributed by atoms with E-state index in [-0.39, 0.29) is 35.0 Å². The number of fused-ring (bicyclic) bond motifs is 5. The van der Waals surface area contributed by atoms with Crippen molar-refractivity contribution in [1.29, 1.82) is 0 Å². The lowest BCUT2D eigenvalue weighted by Crippen LogP contribution is -2.62. The minimum atomic E-state index is -3.56. The van der Waals surface area contributed by atoms with E-state index in [9.17, 15) is 13.2 Å². The molecule has 1 heterocycles. The Kier molecular flexibility index (Phi) is 7.76. The molecule has 222 valence electrons. The number of morpholine rings is 1. The zero-order valence-corrected chi connectivity index (χ0v) is 25.7. The van der Waals surface area contributed by atoms with Gasteiger partial charge in [0.05, 0.1) is 25.1 Å². The summed E-state index contributed by atoms with van der Waals surface area (Å²) < 4.78 is 37.0. The molecule has 5 fully saturated rings. The van der Waals surface area contributed by atoms with Crippen LogP contribution in [-0.2, 0) is 30.3 Å². The summed E-state index contributed by atoms with van der Waals surface area (Å²) in [6.45, 7) is 9.04. The van der Waals surface area contributed by atoms with Gasteiger partial charge >= 0.3 is 0 Å². The summed E-state index contributed by atoms with van der Waals surface area (Å²) in [4.78, 5) is 15.1. The Labute approximate surface area is 241 Å². The molecule has 0 spiro atoms. The van der Waals surface area contributed by atoms with Gasteiger partial charge in [0, 0.05) is 25.0 Å². The Hall–Kier alpha value is -1.28. The van der Waals surface area contributed by atoms with Gasteiger partial charge in [0.15, 0.2) is 0 Å². The zero-order chi connectivity index (χ0) is 28.3. The van der Waals surface area contributed by atoms with E-state index in [0.717, 1.165) is 51.6 Å². The van der Waals surface area contributed by atoms with E-state index in [0.29, 0.717) is 36.1 Å². The van der Waals surface area contributed by atoms with Crippen LogP contribution in [0.15, 0.2) is 30.3 Å². The minimum absolute atomic E-state index is 0.0683. The number of benzene rings is 1. The predicted octanol–water partition coefficient (Wildman–Crippen LogP) is 5.50. The first kappa shape index (κ1) is 28.8. The van der Waals surface area contributed by atoms with Crippen LogP contribution < -0.4 is 0 Å². The largest absolute Gasteiger partial charge is 0.375 e. The molecule has 7 heteroatoms. The standard InChI is InChI=1S/C33H49NO5S/c1-22(35)27-12-13-28-26-11-10-24-19-31(39-40(4,36)37)30(20-33(24,3)29(26)14-15-32(27,28)2)34-16-17-38-25(21-34)18-23-8-6-5-7-9-23/h5-9,24-31H,10-21H2,1-4H3/t24-,25+,26-,27+,28-,29-,30-,31-,32+,33-/m0/s1. The van der Waals surface area contributed by atoms with Crippen molar-refractivity contribution >= 4 is 15.9 Å². The Morgan fingerprint density at radius 1 is 1.05 bits per heavy atom. The number of ketones is 1. The van der Waals surface area contributed by atoms with Crippen molar-refractivity contribution in [2.45, 2.75) is 96.8 Å². The summed E-state index contributed by atoms with van der Waals surface area (Å²) in [5.74, 6) is 3.04. The van der Waals surface area contributed by atoms with Gasteiger partial charge in [0.2, 0.25) is 0 Å². The predicted molar refractivity (Wildman–Crippen MR) is 156 cm³/mol. The first-order chi connectivity index (χ1) is 19.0. The van der Waals surface area contributed by atoms with E-state index in [4.69, 9.17) is 8.92 Å². The minimum Gasteiger partial charge on any atom is -0.375 e. The van der Waals surface area contributed by atoms with E-state index in [1.807, 2.05) is 13.0 Å². The second-order valence-corrected chi connectivity index (χ2v) is 16.1. The topological polar surface area (TPSA) is 72.9 Å². The molecule has 1 saturated heterocycles. The van der Waals surface area contributed by atoms with Gasteiger partial charge in [-0.3, -0.25) is 13.9 Å². The fourth-order valence-electron chi connectivity index (χ4n) is 10.7. The molecule has 0 radical (unpaired) electrons. The lowest BCUT2D eigenvalue weighted by Gasteiger charge is -2.63. The van der Waals surface area contributed by atoms with Crippen LogP contribution in [-0.4, -0.2) is 63.3 Å². The van der Waals surface area contributed by atoms with Crippen LogP contribution in [0.1, 0.15) is 77.7 Å².